The fraction of sp³-hybridized carbons (Fsp3) is 0.471. The zero-order valence-electron chi connectivity index (χ0n) is 14.6. The normalized spacial score (nSPS) is 14.6. The summed E-state index contributed by atoms with van der Waals surface area (Å²) >= 11 is 0. The van der Waals surface area contributed by atoms with E-state index in [4.69, 9.17) is 10.5 Å². The number of hydrogen-bond acceptors (Lipinski definition) is 4. The zero-order chi connectivity index (χ0) is 18.6. The molecule has 5 N–H and O–H groups in total. The van der Waals surface area contributed by atoms with Crippen molar-refractivity contribution >= 4 is 23.5 Å². The molecular formula is C17H24N4O4. The van der Waals surface area contributed by atoms with Crippen molar-refractivity contribution in [1.82, 2.24) is 10.6 Å². The Morgan fingerprint density at radius 2 is 1.92 bits per heavy atom. The molecule has 1 aliphatic carbocycles. The van der Waals surface area contributed by atoms with Crippen molar-refractivity contribution in [3.63, 3.8) is 0 Å². The van der Waals surface area contributed by atoms with Crippen LogP contribution in [-0.2, 0) is 4.79 Å². The summed E-state index contributed by atoms with van der Waals surface area (Å²) in [5, 5.41) is 8.01. The Labute approximate surface area is 146 Å². The van der Waals surface area contributed by atoms with Gasteiger partial charge >= 0.3 is 6.03 Å². The second-order valence-electron chi connectivity index (χ2n) is 6.39. The number of amides is 4. The molecule has 0 heterocycles. The van der Waals surface area contributed by atoms with Gasteiger partial charge in [0.05, 0.1) is 12.8 Å². The van der Waals surface area contributed by atoms with Gasteiger partial charge in [0.2, 0.25) is 5.91 Å². The van der Waals surface area contributed by atoms with Crippen molar-refractivity contribution in [2.75, 3.05) is 12.4 Å². The Kier molecular flexibility index (Phi) is 5.84. The maximum atomic E-state index is 12.2. The van der Waals surface area contributed by atoms with Crippen LogP contribution in [0.15, 0.2) is 18.2 Å². The number of ether oxygens (including phenoxy) is 1. The summed E-state index contributed by atoms with van der Waals surface area (Å²) in [7, 11) is 1.46. The molecule has 0 unspecified atom stereocenters. The molecule has 0 aromatic heterocycles. The molecule has 0 spiro atoms. The van der Waals surface area contributed by atoms with Gasteiger partial charge in [0, 0.05) is 11.6 Å². The van der Waals surface area contributed by atoms with E-state index in [2.05, 4.69) is 16.0 Å². The summed E-state index contributed by atoms with van der Waals surface area (Å²) in [6.07, 6.45) is 1.97. The molecule has 0 saturated heterocycles. The number of carbonyl (C=O) groups is 3. The van der Waals surface area contributed by atoms with Gasteiger partial charge in [0.25, 0.3) is 5.91 Å². The minimum atomic E-state index is -0.799. The van der Waals surface area contributed by atoms with Crippen molar-refractivity contribution in [2.24, 2.45) is 11.7 Å². The van der Waals surface area contributed by atoms with Crippen molar-refractivity contribution < 1.29 is 19.1 Å². The summed E-state index contributed by atoms with van der Waals surface area (Å²) in [6.45, 7) is 3.55. The highest BCUT2D eigenvalue weighted by molar-refractivity contribution is 5.99. The molecule has 1 aliphatic rings. The summed E-state index contributed by atoms with van der Waals surface area (Å²) in [4.78, 5) is 35.7. The minimum absolute atomic E-state index is 0.152. The van der Waals surface area contributed by atoms with Crippen molar-refractivity contribution in [1.29, 1.82) is 0 Å². The van der Waals surface area contributed by atoms with Crippen LogP contribution in [0.25, 0.3) is 0 Å². The quantitative estimate of drug-likeness (QED) is 0.591. The largest absolute Gasteiger partial charge is 0.495 e. The first kappa shape index (κ1) is 18.6. The standard InChI is InChI=1S/C17H24N4O4/c1-9(2)14(15(18)22)21-17(24)20-12-8-10(4-7-13(12)25-3)16(23)19-11-5-6-11/h4,7-9,11,14H,5-6H2,1-3H3,(H2,18,22)(H,19,23)(H2,20,21,24)/t14-/m0/s1. The summed E-state index contributed by atoms with van der Waals surface area (Å²) in [6, 6.07) is 3.59. The van der Waals surface area contributed by atoms with E-state index in [0.29, 0.717) is 17.0 Å². The average Bonchev–Trinajstić information content (AvgIpc) is 3.35. The third-order valence-corrected chi connectivity index (χ3v) is 3.88. The van der Waals surface area contributed by atoms with Crippen LogP contribution in [0.4, 0.5) is 10.5 Å². The van der Waals surface area contributed by atoms with Gasteiger partial charge in [-0.15, -0.1) is 0 Å². The van der Waals surface area contributed by atoms with Gasteiger partial charge < -0.3 is 26.4 Å². The fourth-order valence-electron chi connectivity index (χ4n) is 2.31. The molecule has 4 amide bonds. The van der Waals surface area contributed by atoms with Crippen LogP contribution in [-0.4, -0.2) is 37.0 Å². The molecule has 0 aliphatic heterocycles. The number of benzene rings is 1. The van der Waals surface area contributed by atoms with Gasteiger partial charge in [-0.25, -0.2) is 4.79 Å². The van der Waals surface area contributed by atoms with Gasteiger partial charge in [-0.05, 0) is 37.0 Å². The van der Waals surface area contributed by atoms with Gasteiger partial charge in [0.15, 0.2) is 0 Å². The third kappa shape index (κ3) is 5.10. The number of primary amides is 1. The molecule has 25 heavy (non-hydrogen) atoms. The number of anilines is 1. The van der Waals surface area contributed by atoms with E-state index in [0.717, 1.165) is 12.8 Å². The highest BCUT2D eigenvalue weighted by atomic mass is 16.5. The summed E-state index contributed by atoms with van der Waals surface area (Å²) in [5.74, 6) is -0.570. The molecule has 1 atom stereocenters. The van der Waals surface area contributed by atoms with Gasteiger partial charge in [0.1, 0.15) is 11.8 Å². The molecule has 1 fully saturated rings. The highest BCUT2D eigenvalue weighted by Crippen LogP contribution is 2.26. The molecular weight excluding hydrogens is 324 g/mol. The number of carbonyl (C=O) groups excluding carboxylic acids is 3. The number of rotatable bonds is 7. The number of urea groups is 1. The van der Waals surface area contributed by atoms with E-state index in [-0.39, 0.29) is 17.9 Å². The number of methoxy groups -OCH3 is 1. The first-order valence-electron chi connectivity index (χ1n) is 8.17. The SMILES string of the molecule is COc1ccc(C(=O)NC2CC2)cc1NC(=O)N[C@H](C(N)=O)C(C)C. The lowest BCUT2D eigenvalue weighted by molar-refractivity contribution is -0.120. The Morgan fingerprint density at radius 1 is 1.24 bits per heavy atom. The highest BCUT2D eigenvalue weighted by Gasteiger charge is 2.25. The minimum Gasteiger partial charge on any atom is -0.495 e. The van der Waals surface area contributed by atoms with Crippen LogP contribution < -0.4 is 26.4 Å². The van der Waals surface area contributed by atoms with Crippen LogP contribution in [0.5, 0.6) is 5.75 Å². The first-order valence-corrected chi connectivity index (χ1v) is 8.17. The van der Waals surface area contributed by atoms with E-state index < -0.39 is 18.0 Å². The smallest absolute Gasteiger partial charge is 0.320 e. The van der Waals surface area contributed by atoms with Crippen molar-refractivity contribution in [3.8, 4) is 5.75 Å². The van der Waals surface area contributed by atoms with Crippen molar-refractivity contribution in [3.05, 3.63) is 23.8 Å². The number of nitrogens with two attached hydrogens (primary N) is 1. The van der Waals surface area contributed by atoms with Gasteiger partial charge in [-0.2, -0.15) is 0 Å². The Balaban J connectivity index is 2.11. The van der Waals surface area contributed by atoms with Crippen LogP contribution >= 0.6 is 0 Å². The average molecular weight is 348 g/mol. The van der Waals surface area contributed by atoms with Crippen LogP contribution in [0.3, 0.4) is 0 Å². The van der Waals surface area contributed by atoms with Crippen LogP contribution in [0.1, 0.15) is 37.0 Å². The van der Waals surface area contributed by atoms with E-state index in [1.807, 2.05) is 0 Å². The number of nitrogens with one attached hydrogen (secondary N) is 3. The molecule has 1 aromatic rings. The predicted molar refractivity (Wildman–Crippen MR) is 93.5 cm³/mol. The second kappa shape index (κ2) is 7.87. The van der Waals surface area contributed by atoms with E-state index in [1.54, 1.807) is 26.0 Å². The molecule has 8 heteroatoms. The first-order chi connectivity index (χ1) is 11.8. The van der Waals surface area contributed by atoms with E-state index in [1.165, 1.54) is 13.2 Å². The Bertz CT molecular complexity index is 671. The predicted octanol–water partition coefficient (Wildman–Crippen LogP) is 1.22. The maximum absolute atomic E-state index is 12.2. The topological polar surface area (TPSA) is 123 Å². The molecule has 0 bridgehead atoms. The molecule has 2 rings (SSSR count). The van der Waals surface area contributed by atoms with Crippen LogP contribution in [0.2, 0.25) is 0 Å². The lowest BCUT2D eigenvalue weighted by Crippen LogP contribution is -2.49. The van der Waals surface area contributed by atoms with E-state index >= 15 is 0 Å². The lowest BCUT2D eigenvalue weighted by Gasteiger charge is -2.20. The zero-order valence-corrected chi connectivity index (χ0v) is 14.6. The third-order valence-electron chi connectivity index (χ3n) is 3.88. The lowest BCUT2D eigenvalue weighted by atomic mass is 10.0. The number of hydrogen-bond donors (Lipinski definition) is 4. The van der Waals surface area contributed by atoms with Crippen molar-refractivity contribution in [2.45, 2.75) is 38.8 Å². The van der Waals surface area contributed by atoms with Crippen LogP contribution in [0, 0.1) is 5.92 Å². The molecule has 136 valence electrons. The van der Waals surface area contributed by atoms with Gasteiger partial charge in [-0.1, -0.05) is 13.8 Å². The molecule has 1 saturated carbocycles. The monoisotopic (exact) mass is 348 g/mol. The van der Waals surface area contributed by atoms with Gasteiger partial charge in [-0.3, -0.25) is 9.59 Å². The Morgan fingerprint density at radius 3 is 2.44 bits per heavy atom. The summed E-state index contributed by atoms with van der Waals surface area (Å²) in [5.41, 5.74) is 6.04. The Hall–Kier alpha value is -2.77. The maximum Gasteiger partial charge on any atom is 0.320 e. The fourth-order valence-corrected chi connectivity index (χ4v) is 2.31. The summed E-state index contributed by atoms with van der Waals surface area (Å²) < 4.78 is 5.21. The molecule has 0 radical (unpaired) electrons. The molecule has 1 aromatic carbocycles. The van der Waals surface area contributed by atoms with E-state index in [9.17, 15) is 14.4 Å². The second-order valence-corrected chi connectivity index (χ2v) is 6.39. The molecule has 8 nitrogen and oxygen atoms in total.